The molecule has 2 rings (SSSR count). The van der Waals surface area contributed by atoms with Crippen LogP contribution in [0.3, 0.4) is 0 Å². The van der Waals surface area contributed by atoms with E-state index in [4.69, 9.17) is 4.74 Å². The van der Waals surface area contributed by atoms with Crippen molar-refractivity contribution in [2.24, 2.45) is 9.98 Å². The van der Waals surface area contributed by atoms with Crippen molar-refractivity contribution in [3.8, 4) is 0 Å². The molecule has 0 radical (unpaired) electrons. The predicted molar refractivity (Wildman–Crippen MR) is 139 cm³/mol. The maximum Gasteiger partial charge on any atom is 0.348 e. The van der Waals surface area contributed by atoms with E-state index >= 15 is 0 Å². The van der Waals surface area contributed by atoms with Gasteiger partial charge in [-0.05, 0) is 38.8 Å². The molecule has 0 aliphatic rings. The summed E-state index contributed by atoms with van der Waals surface area (Å²) in [6, 6.07) is 19.8. The first-order valence-electron chi connectivity index (χ1n) is 10.6. The summed E-state index contributed by atoms with van der Waals surface area (Å²) in [5, 5.41) is 0.952. The molecule has 180 valence electrons. The molecular weight excluding hydrogens is 484 g/mol. The van der Waals surface area contributed by atoms with Crippen LogP contribution < -0.4 is 0 Å². The number of ether oxygens (including phenoxy) is 2. The van der Waals surface area contributed by atoms with Crippen molar-refractivity contribution < 1.29 is 19.1 Å². The molecule has 2 aromatic carbocycles. The molecule has 0 aliphatic heterocycles. The molecule has 0 bridgehead atoms. The Labute approximate surface area is 206 Å². The molecular formula is C26H35BrN2O4. The Morgan fingerprint density at radius 3 is 1.79 bits per heavy atom. The smallest absolute Gasteiger partial charge is 0.348 e. The average Bonchev–Trinajstić information content (AvgIpc) is 2.83. The van der Waals surface area contributed by atoms with Gasteiger partial charge in [-0.2, -0.15) is 0 Å². The zero-order valence-corrected chi connectivity index (χ0v) is 21.9. The van der Waals surface area contributed by atoms with Gasteiger partial charge in [-0.3, -0.25) is 9.98 Å². The lowest BCUT2D eigenvalue weighted by Crippen LogP contribution is -2.23. The van der Waals surface area contributed by atoms with Crippen LogP contribution in [0.2, 0.25) is 0 Å². The normalized spacial score (nSPS) is 10.8. The van der Waals surface area contributed by atoms with E-state index in [1.807, 2.05) is 76.2 Å². The van der Waals surface area contributed by atoms with Crippen LogP contribution in [0.15, 0.2) is 70.6 Å². The molecule has 0 fully saturated rings. The number of methoxy groups -OCH3 is 2. The summed E-state index contributed by atoms with van der Waals surface area (Å²) in [5.74, 6) is -0.686. The molecule has 33 heavy (non-hydrogen) atoms. The third-order valence-electron chi connectivity index (χ3n) is 3.84. The van der Waals surface area contributed by atoms with Crippen molar-refractivity contribution in [1.29, 1.82) is 0 Å². The molecule has 0 amide bonds. The lowest BCUT2D eigenvalue weighted by atomic mass is 10.1. The van der Waals surface area contributed by atoms with Gasteiger partial charge in [-0.15, -0.1) is 0 Å². The van der Waals surface area contributed by atoms with Crippen LogP contribution in [0.1, 0.15) is 38.8 Å². The SMILES string of the molecule is BrCc1ccccc1.COC(=O)C(Cc1ccccc1)N=C(C)C.COC(=O)C=NC(C)C. The number of rotatable bonds is 7. The minimum Gasteiger partial charge on any atom is -0.467 e. The van der Waals surface area contributed by atoms with Crippen molar-refractivity contribution in [2.75, 3.05) is 14.2 Å². The van der Waals surface area contributed by atoms with Gasteiger partial charge in [0.15, 0.2) is 6.04 Å². The van der Waals surface area contributed by atoms with Gasteiger partial charge in [0.1, 0.15) is 6.21 Å². The van der Waals surface area contributed by atoms with Gasteiger partial charge in [-0.25, -0.2) is 9.59 Å². The van der Waals surface area contributed by atoms with E-state index in [1.54, 1.807) is 0 Å². The Morgan fingerprint density at radius 2 is 1.42 bits per heavy atom. The summed E-state index contributed by atoms with van der Waals surface area (Å²) in [4.78, 5) is 29.9. The van der Waals surface area contributed by atoms with Crippen molar-refractivity contribution in [2.45, 2.75) is 51.5 Å². The number of hydrogen-bond acceptors (Lipinski definition) is 6. The zero-order chi connectivity index (χ0) is 25.1. The Balaban J connectivity index is 0.000000510. The van der Waals surface area contributed by atoms with Crippen LogP contribution in [0.5, 0.6) is 0 Å². The topological polar surface area (TPSA) is 77.3 Å². The van der Waals surface area contributed by atoms with E-state index in [0.29, 0.717) is 6.42 Å². The second-order valence-electron chi connectivity index (χ2n) is 7.32. The van der Waals surface area contributed by atoms with Crippen LogP contribution in [0.4, 0.5) is 0 Å². The third-order valence-corrected chi connectivity index (χ3v) is 4.48. The van der Waals surface area contributed by atoms with Crippen LogP contribution in [-0.2, 0) is 30.8 Å². The van der Waals surface area contributed by atoms with Gasteiger partial charge in [0, 0.05) is 23.5 Å². The maximum absolute atomic E-state index is 11.5. The molecule has 0 aromatic heterocycles. The maximum atomic E-state index is 11.5. The van der Waals surface area contributed by atoms with Crippen molar-refractivity contribution in [1.82, 2.24) is 0 Å². The van der Waals surface area contributed by atoms with Crippen LogP contribution in [-0.4, -0.2) is 50.2 Å². The van der Waals surface area contributed by atoms with Gasteiger partial charge in [0.05, 0.1) is 14.2 Å². The van der Waals surface area contributed by atoms with Gasteiger partial charge < -0.3 is 9.47 Å². The predicted octanol–water partition coefficient (Wildman–Crippen LogP) is 5.47. The molecule has 0 heterocycles. The monoisotopic (exact) mass is 518 g/mol. The number of carbonyl (C=O) groups is 2. The Bertz CT molecular complexity index is 849. The Hall–Kier alpha value is -2.80. The van der Waals surface area contributed by atoms with Crippen LogP contribution >= 0.6 is 15.9 Å². The fourth-order valence-corrected chi connectivity index (χ4v) is 2.67. The molecule has 1 atom stereocenters. The molecule has 0 saturated heterocycles. The fourth-order valence-electron chi connectivity index (χ4n) is 2.30. The Kier molecular flexibility index (Phi) is 17.2. The van der Waals surface area contributed by atoms with E-state index in [-0.39, 0.29) is 12.0 Å². The second kappa shape index (κ2) is 18.7. The lowest BCUT2D eigenvalue weighted by Gasteiger charge is -2.10. The van der Waals surface area contributed by atoms with E-state index in [1.165, 1.54) is 26.0 Å². The summed E-state index contributed by atoms with van der Waals surface area (Å²) >= 11 is 3.36. The number of esters is 2. The minimum absolute atomic E-state index is 0.157. The Morgan fingerprint density at radius 1 is 0.909 bits per heavy atom. The first-order chi connectivity index (χ1) is 15.7. The third kappa shape index (κ3) is 16.5. The summed E-state index contributed by atoms with van der Waals surface area (Å²) in [5.41, 5.74) is 3.29. The zero-order valence-electron chi connectivity index (χ0n) is 20.3. The van der Waals surface area contributed by atoms with Crippen molar-refractivity contribution >= 4 is 39.8 Å². The van der Waals surface area contributed by atoms with E-state index in [2.05, 4.69) is 42.8 Å². The minimum atomic E-state index is -0.433. The van der Waals surface area contributed by atoms with Crippen LogP contribution in [0, 0.1) is 0 Å². The number of aliphatic imine (C=N–C) groups is 2. The average molecular weight is 519 g/mol. The highest BCUT2D eigenvalue weighted by Crippen LogP contribution is 2.08. The first kappa shape index (κ1) is 30.2. The van der Waals surface area contributed by atoms with E-state index in [0.717, 1.165) is 16.6 Å². The first-order valence-corrected chi connectivity index (χ1v) is 11.7. The molecule has 7 heteroatoms. The number of nitrogens with zero attached hydrogens (tertiary/aromatic N) is 2. The van der Waals surface area contributed by atoms with Gasteiger partial charge in [0.2, 0.25) is 0 Å². The molecule has 0 aliphatic carbocycles. The fraction of sp³-hybridized carbons (Fsp3) is 0.385. The highest BCUT2D eigenvalue weighted by Gasteiger charge is 2.18. The molecule has 0 saturated carbocycles. The van der Waals surface area contributed by atoms with Gasteiger partial charge in [-0.1, -0.05) is 76.6 Å². The molecule has 0 spiro atoms. The summed E-state index contributed by atoms with van der Waals surface area (Å²) in [6.45, 7) is 7.53. The number of hydrogen-bond donors (Lipinski definition) is 0. The number of benzene rings is 2. The number of alkyl halides is 1. The van der Waals surface area contributed by atoms with E-state index < -0.39 is 12.0 Å². The van der Waals surface area contributed by atoms with Gasteiger partial charge in [0.25, 0.3) is 0 Å². The standard InChI is InChI=1S/C13H17NO2.C7H7Br.C6H11NO2/c1-10(2)14-12(13(15)16-3)9-11-7-5-4-6-8-11;8-6-7-4-2-1-3-5-7;1-5(2)7-4-6(8)9-3/h4-8,12H,9H2,1-3H3;1-5H,6H2;4-5H,1-3H3. The quantitative estimate of drug-likeness (QED) is 0.276. The molecule has 1 unspecified atom stereocenters. The largest absolute Gasteiger partial charge is 0.467 e. The van der Waals surface area contributed by atoms with E-state index in [9.17, 15) is 9.59 Å². The van der Waals surface area contributed by atoms with Crippen molar-refractivity contribution in [3.05, 3.63) is 71.8 Å². The van der Waals surface area contributed by atoms with Crippen LogP contribution in [0.25, 0.3) is 0 Å². The lowest BCUT2D eigenvalue weighted by molar-refractivity contribution is -0.142. The highest BCUT2D eigenvalue weighted by atomic mass is 79.9. The second-order valence-corrected chi connectivity index (χ2v) is 7.88. The number of carbonyl (C=O) groups excluding carboxylic acids is 2. The summed E-state index contributed by atoms with van der Waals surface area (Å²) in [6.07, 6.45) is 1.77. The highest BCUT2D eigenvalue weighted by molar-refractivity contribution is 9.08. The van der Waals surface area contributed by atoms with Gasteiger partial charge >= 0.3 is 11.9 Å². The molecule has 2 aromatic rings. The summed E-state index contributed by atoms with van der Waals surface area (Å²) in [7, 11) is 2.72. The summed E-state index contributed by atoms with van der Waals surface area (Å²) < 4.78 is 9.05. The number of halogens is 1. The molecule has 0 N–H and O–H groups in total. The van der Waals surface area contributed by atoms with Crippen molar-refractivity contribution in [3.63, 3.8) is 0 Å². The molecule has 6 nitrogen and oxygen atoms in total.